The highest BCUT2D eigenvalue weighted by Gasteiger charge is 2.14. The fourth-order valence-corrected chi connectivity index (χ4v) is 2.63. The van der Waals surface area contributed by atoms with Crippen LogP contribution in [-0.4, -0.2) is 26.7 Å². The van der Waals surface area contributed by atoms with Gasteiger partial charge in [-0.3, -0.25) is 4.79 Å². The molecular weight excluding hydrogens is 365 g/mol. The number of halogens is 2. The highest BCUT2D eigenvalue weighted by atomic mass is 79.9. The maximum Gasteiger partial charge on any atom is 0.251 e. The number of hydrogen-bond donors (Lipinski definition) is 1. The number of benzene rings is 2. The monoisotopic (exact) mass is 381 g/mol. The van der Waals surface area contributed by atoms with Crippen LogP contribution in [0.2, 0.25) is 0 Å². The highest BCUT2D eigenvalue weighted by molar-refractivity contribution is 9.10. The average molecular weight is 382 g/mol. The van der Waals surface area contributed by atoms with Gasteiger partial charge in [0.25, 0.3) is 5.91 Å². The van der Waals surface area contributed by atoms with Gasteiger partial charge in [0.05, 0.1) is 14.2 Å². The zero-order valence-corrected chi connectivity index (χ0v) is 14.4. The Bertz CT molecular complexity index is 664. The van der Waals surface area contributed by atoms with Crippen molar-refractivity contribution in [2.45, 2.75) is 6.42 Å². The van der Waals surface area contributed by atoms with E-state index in [1.165, 1.54) is 26.4 Å². The second-order valence-corrected chi connectivity index (χ2v) is 5.62. The Morgan fingerprint density at radius 1 is 1.13 bits per heavy atom. The van der Waals surface area contributed by atoms with Crippen molar-refractivity contribution in [1.29, 1.82) is 0 Å². The topological polar surface area (TPSA) is 47.6 Å². The van der Waals surface area contributed by atoms with Gasteiger partial charge < -0.3 is 14.8 Å². The summed E-state index contributed by atoms with van der Waals surface area (Å²) in [4.78, 5) is 12.2. The molecule has 0 radical (unpaired) electrons. The summed E-state index contributed by atoms with van der Waals surface area (Å²) >= 11 is 3.36. The molecule has 2 aromatic carbocycles. The first-order chi connectivity index (χ1) is 11.0. The van der Waals surface area contributed by atoms with Crippen molar-refractivity contribution < 1.29 is 18.7 Å². The number of carbonyl (C=O) groups excluding carboxylic acids is 1. The molecule has 0 unspecified atom stereocenters. The van der Waals surface area contributed by atoms with Crippen LogP contribution in [0, 0.1) is 5.82 Å². The molecule has 0 saturated heterocycles. The zero-order valence-electron chi connectivity index (χ0n) is 12.9. The van der Waals surface area contributed by atoms with Crippen LogP contribution in [0.4, 0.5) is 4.39 Å². The van der Waals surface area contributed by atoms with Crippen molar-refractivity contribution in [3.8, 4) is 11.5 Å². The van der Waals surface area contributed by atoms with Gasteiger partial charge in [-0.2, -0.15) is 0 Å². The fourth-order valence-electron chi connectivity index (χ4n) is 2.07. The Labute approximate surface area is 142 Å². The van der Waals surface area contributed by atoms with Crippen LogP contribution in [0.1, 0.15) is 15.9 Å². The summed E-state index contributed by atoms with van der Waals surface area (Å²) in [5.74, 6) is 0.545. The molecule has 4 nitrogen and oxygen atoms in total. The molecule has 1 amide bonds. The van der Waals surface area contributed by atoms with Gasteiger partial charge in [-0.1, -0.05) is 12.1 Å². The summed E-state index contributed by atoms with van der Waals surface area (Å²) in [5.41, 5.74) is 1.40. The predicted octanol–water partition coefficient (Wildman–Crippen LogP) is 3.58. The van der Waals surface area contributed by atoms with Crippen LogP contribution < -0.4 is 14.8 Å². The van der Waals surface area contributed by atoms with E-state index < -0.39 is 0 Å². The Morgan fingerprint density at radius 2 is 1.70 bits per heavy atom. The van der Waals surface area contributed by atoms with E-state index in [4.69, 9.17) is 9.47 Å². The molecule has 1 N–H and O–H groups in total. The van der Waals surface area contributed by atoms with Gasteiger partial charge in [0.1, 0.15) is 21.8 Å². The van der Waals surface area contributed by atoms with Gasteiger partial charge in [0.15, 0.2) is 0 Å². The minimum absolute atomic E-state index is 0.226. The van der Waals surface area contributed by atoms with E-state index in [1.54, 1.807) is 24.3 Å². The number of methoxy groups -OCH3 is 2. The van der Waals surface area contributed by atoms with E-state index in [0.29, 0.717) is 34.5 Å². The minimum Gasteiger partial charge on any atom is -0.495 e. The van der Waals surface area contributed by atoms with E-state index in [0.717, 1.165) is 5.56 Å². The standard InChI is InChI=1S/C17H17BrFNO3/c1-22-14-9-12(10-15(23-2)16(14)18)17(21)20-8-7-11-3-5-13(19)6-4-11/h3-6,9-10H,7-8H2,1-2H3,(H,20,21). The number of rotatable bonds is 6. The quantitative estimate of drug-likeness (QED) is 0.831. The van der Waals surface area contributed by atoms with Gasteiger partial charge in [-0.15, -0.1) is 0 Å². The number of carbonyl (C=O) groups is 1. The van der Waals surface area contributed by atoms with Crippen LogP contribution in [0.15, 0.2) is 40.9 Å². The van der Waals surface area contributed by atoms with Crippen LogP contribution >= 0.6 is 15.9 Å². The summed E-state index contributed by atoms with van der Waals surface area (Å²) in [6.45, 7) is 0.450. The van der Waals surface area contributed by atoms with Crippen molar-refractivity contribution in [3.05, 3.63) is 57.8 Å². The van der Waals surface area contributed by atoms with Crippen LogP contribution in [0.3, 0.4) is 0 Å². The molecular formula is C17H17BrFNO3. The number of hydrogen-bond acceptors (Lipinski definition) is 3. The molecule has 0 aliphatic rings. The van der Waals surface area contributed by atoms with Gasteiger partial charge in [0, 0.05) is 12.1 Å². The molecule has 0 aliphatic heterocycles. The van der Waals surface area contributed by atoms with Crippen molar-refractivity contribution in [1.82, 2.24) is 5.32 Å². The van der Waals surface area contributed by atoms with Gasteiger partial charge in [-0.05, 0) is 52.2 Å². The molecule has 0 aromatic heterocycles. The largest absolute Gasteiger partial charge is 0.495 e. The maximum atomic E-state index is 12.8. The van der Waals surface area contributed by atoms with Gasteiger partial charge in [0.2, 0.25) is 0 Å². The molecule has 0 spiro atoms. The van der Waals surface area contributed by atoms with Gasteiger partial charge >= 0.3 is 0 Å². The predicted molar refractivity (Wildman–Crippen MR) is 89.7 cm³/mol. The molecule has 0 fully saturated rings. The molecule has 0 aliphatic carbocycles. The number of amides is 1. The normalized spacial score (nSPS) is 10.3. The van der Waals surface area contributed by atoms with Crippen molar-refractivity contribution in [2.24, 2.45) is 0 Å². The first-order valence-corrected chi connectivity index (χ1v) is 7.78. The zero-order chi connectivity index (χ0) is 16.8. The van der Waals surface area contributed by atoms with E-state index >= 15 is 0 Å². The summed E-state index contributed by atoms with van der Waals surface area (Å²) in [7, 11) is 3.05. The lowest BCUT2D eigenvalue weighted by Crippen LogP contribution is -2.25. The lowest BCUT2D eigenvalue weighted by molar-refractivity contribution is 0.0953. The summed E-state index contributed by atoms with van der Waals surface area (Å²) < 4.78 is 23.9. The molecule has 6 heteroatoms. The lowest BCUT2D eigenvalue weighted by atomic mass is 10.1. The molecule has 0 bridgehead atoms. The van der Waals surface area contributed by atoms with E-state index in [9.17, 15) is 9.18 Å². The molecule has 23 heavy (non-hydrogen) atoms. The van der Waals surface area contributed by atoms with E-state index in [1.807, 2.05) is 0 Å². The summed E-state index contributed by atoms with van der Waals surface area (Å²) in [6, 6.07) is 9.49. The molecule has 122 valence electrons. The van der Waals surface area contributed by atoms with Crippen molar-refractivity contribution in [2.75, 3.05) is 20.8 Å². The highest BCUT2D eigenvalue weighted by Crippen LogP contribution is 2.35. The second-order valence-electron chi connectivity index (χ2n) is 4.83. The first kappa shape index (κ1) is 17.3. The molecule has 2 rings (SSSR count). The fraction of sp³-hybridized carbons (Fsp3) is 0.235. The number of ether oxygens (including phenoxy) is 2. The number of nitrogens with one attached hydrogen (secondary N) is 1. The Balaban J connectivity index is 2.01. The molecule has 0 saturated carbocycles. The first-order valence-electron chi connectivity index (χ1n) is 6.99. The molecule has 0 atom stereocenters. The molecule has 2 aromatic rings. The summed E-state index contributed by atoms with van der Waals surface area (Å²) in [5, 5.41) is 2.83. The minimum atomic E-state index is -0.271. The van der Waals surface area contributed by atoms with E-state index in [-0.39, 0.29) is 11.7 Å². The Hall–Kier alpha value is -2.08. The second kappa shape index (κ2) is 7.97. The van der Waals surface area contributed by atoms with Crippen molar-refractivity contribution in [3.63, 3.8) is 0 Å². The smallest absolute Gasteiger partial charge is 0.251 e. The van der Waals surface area contributed by atoms with Crippen LogP contribution in [-0.2, 0) is 6.42 Å². The van der Waals surface area contributed by atoms with Crippen LogP contribution in [0.25, 0.3) is 0 Å². The third-order valence-corrected chi connectivity index (χ3v) is 4.10. The van der Waals surface area contributed by atoms with Gasteiger partial charge in [-0.25, -0.2) is 4.39 Å². The summed E-state index contributed by atoms with van der Waals surface area (Å²) in [6.07, 6.45) is 0.622. The Morgan fingerprint density at radius 3 is 2.22 bits per heavy atom. The SMILES string of the molecule is COc1cc(C(=O)NCCc2ccc(F)cc2)cc(OC)c1Br. The average Bonchev–Trinajstić information content (AvgIpc) is 2.56. The third kappa shape index (κ3) is 4.45. The molecule has 0 heterocycles. The van der Waals surface area contributed by atoms with E-state index in [2.05, 4.69) is 21.2 Å². The third-order valence-electron chi connectivity index (χ3n) is 3.32. The maximum absolute atomic E-state index is 12.8. The lowest BCUT2D eigenvalue weighted by Gasteiger charge is -2.12. The Kier molecular flexibility index (Phi) is 5.98. The van der Waals surface area contributed by atoms with Crippen molar-refractivity contribution >= 4 is 21.8 Å². The van der Waals surface area contributed by atoms with Crippen LogP contribution in [0.5, 0.6) is 11.5 Å².